The summed E-state index contributed by atoms with van der Waals surface area (Å²) in [6.45, 7) is 0.769. The molecular formula is C27H29ClN2O5. The number of Topliss-reactive ketones (excluding diaryl/α,β-unsaturated/α-hetero) is 1. The second kappa shape index (κ2) is 10.6. The number of carbonyl (C=O) groups is 4. The summed E-state index contributed by atoms with van der Waals surface area (Å²) >= 11 is 6.45. The van der Waals surface area contributed by atoms with Crippen LogP contribution in [0.5, 0.6) is 0 Å². The summed E-state index contributed by atoms with van der Waals surface area (Å²) in [4.78, 5) is 53.8. The van der Waals surface area contributed by atoms with Gasteiger partial charge in [-0.25, -0.2) is 4.79 Å². The number of esters is 1. The topological polar surface area (TPSA) is 84.0 Å². The van der Waals surface area contributed by atoms with Crippen molar-refractivity contribution in [2.75, 3.05) is 20.2 Å². The number of amides is 2. The molecule has 2 aliphatic rings. The minimum atomic E-state index is -1.17. The van der Waals surface area contributed by atoms with E-state index in [-0.39, 0.29) is 11.7 Å². The molecule has 8 heteroatoms. The van der Waals surface area contributed by atoms with Crippen molar-refractivity contribution < 1.29 is 23.9 Å². The third-order valence-corrected chi connectivity index (χ3v) is 7.31. The summed E-state index contributed by atoms with van der Waals surface area (Å²) < 4.78 is 5.30. The van der Waals surface area contributed by atoms with E-state index in [1.807, 2.05) is 0 Å². The number of likely N-dealkylation sites (tertiary alicyclic amines) is 1. The van der Waals surface area contributed by atoms with Gasteiger partial charge in [0.15, 0.2) is 12.4 Å². The highest BCUT2D eigenvalue weighted by atomic mass is 35.5. The van der Waals surface area contributed by atoms with E-state index in [9.17, 15) is 19.2 Å². The first kappa shape index (κ1) is 24.9. The minimum absolute atomic E-state index is 0.0638. The van der Waals surface area contributed by atoms with E-state index in [0.29, 0.717) is 42.0 Å². The van der Waals surface area contributed by atoms with Crippen molar-refractivity contribution >= 4 is 35.2 Å². The smallest absolute Gasteiger partial charge is 0.338 e. The number of benzene rings is 2. The van der Waals surface area contributed by atoms with Crippen LogP contribution < -0.4 is 0 Å². The molecule has 184 valence electrons. The number of carbonyl (C=O) groups excluding carboxylic acids is 4. The first-order chi connectivity index (χ1) is 16.8. The van der Waals surface area contributed by atoms with Crippen LogP contribution >= 0.6 is 11.6 Å². The third-order valence-electron chi connectivity index (χ3n) is 6.98. The summed E-state index contributed by atoms with van der Waals surface area (Å²) in [5.41, 5.74) is 0.659. The van der Waals surface area contributed by atoms with Crippen LogP contribution in [-0.4, -0.2) is 53.6 Å². The number of hydrogen-bond donors (Lipinski definition) is 0. The van der Waals surface area contributed by atoms with Crippen molar-refractivity contribution in [3.63, 3.8) is 0 Å². The number of hydrogen-bond acceptors (Lipinski definition) is 5. The average Bonchev–Trinajstić information content (AvgIpc) is 3.27. The van der Waals surface area contributed by atoms with Crippen LogP contribution in [0, 0.1) is 0 Å². The van der Waals surface area contributed by atoms with Gasteiger partial charge in [-0.1, -0.05) is 41.9 Å². The predicted octanol–water partition coefficient (Wildman–Crippen LogP) is 4.12. The largest absolute Gasteiger partial charge is 0.452 e. The molecule has 2 fully saturated rings. The first-order valence-corrected chi connectivity index (χ1v) is 12.3. The molecule has 1 saturated heterocycles. The Hall–Kier alpha value is -3.19. The van der Waals surface area contributed by atoms with Crippen LogP contribution in [0.3, 0.4) is 0 Å². The Balaban J connectivity index is 1.42. The van der Waals surface area contributed by atoms with E-state index in [4.69, 9.17) is 16.3 Å². The van der Waals surface area contributed by atoms with Gasteiger partial charge in [0.2, 0.25) is 5.91 Å². The van der Waals surface area contributed by atoms with E-state index in [1.54, 1.807) is 60.5 Å². The van der Waals surface area contributed by atoms with Crippen molar-refractivity contribution in [3.05, 3.63) is 70.2 Å². The molecule has 4 rings (SSSR count). The van der Waals surface area contributed by atoms with Crippen molar-refractivity contribution in [1.29, 1.82) is 0 Å². The second-order valence-corrected chi connectivity index (χ2v) is 9.52. The molecule has 0 bridgehead atoms. The quantitative estimate of drug-likeness (QED) is 0.538. The molecule has 7 nitrogen and oxygen atoms in total. The molecule has 35 heavy (non-hydrogen) atoms. The molecule has 2 aromatic rings. The van der Waals surface area contributed by atoms with Gasteiger partial charge >= 0.3 is 5.97 Å². The maximum atomic E-state index is 13.2. The maximum Gasteiger partial charge on any atom is 0.338 e. The highest BCUT2D eigenvalue weighted by molar-refractivity contribution is 6.31. The highest BCUT2D eigenvalue weighted by Gasteiger charge is 2.48. The van der Waals surface area contributed by atoms with Crippen LogP contribution in [0.4, 0.5) is 0 Å². The highest BCUT2D eigenvalue weighted by Crippen LogP contribution is 2.42. The van der Waals surface area contributed by atoms with Gasteiger partial charge < -0.3 is 14.5 Å². The molecule has 1 heterocycles. The lowest BCUT2D eigenvalue weighted by Crippen LogP contribution is -2.55. The van der Waals surface area contributed by atoms with Crippen molar-refractivity contribution in [3.8, 4) is 0 Å². The molecule has 0 spiro atoms. The number of rotatable bonds is 7. The normalized spacial score (nSPS) is 20.1. The third kappa shape index (κ3) is 5.10. The van der Waals surface area contributed by atoms with Crippen LogP contribution in [0.1, 0.15) is 60.0 Å². The number of ether oxygens (including phenoxy) is 1. The monoisotopic (exact) mass is 496 g/mol. The van der Waals surface area contributed by atoms with Crippen LogP contribution in [0.25, 0.3) is 0 Å². The summed E-state index contributed by atoms with van der Waals surface area (Å²) in [6.07, 6.45) is 3.82. The molecule has 1 unspecified atom stereocenters. The number of ketones is 1. The lowest BCUT2D eigenvalue weighted by molar-refractivity contribution is -0.150. The molecule has 1 aliphatic carbocycles. The molecule has 0 N–H and O–H groups in total. The first-order valence-electron chi connectivity index (χ1n) is 11.9. The zero-order chi connectivity index (χ0) is 25.0. The minimum Gasteiger partial charge on any atom is -0.452 e. The van der Waals surface area contributed by atoms with Crippen molar-refractivity contribution in [2.45, 2.75) is 50.6 Å². The summed E-state index contributed by atoms with van der Waals surface area (Å²) in [7, 11) is 1.57. The van der Waals surface area contributed by atoms with Gasteiger partial charge in [-0.05, 0) is 49.4 Å². The van der Waals surface area contributed by atoms with E-state index in [2.05, 4.69) is 0 Å². The molecule has 0 radical (unpaired) electrons. The number of nitrogens with zero attached hydrogens (tertiary/aromatic N) is 2. The molecule has 1 saturated carbocycles. The Morgan fingerprint density at radius 2 is 1.77 bits per heavy atom. The predicted molar refractivity (Wildman–Crippen MR) is 131 cm³/mol. The Morgan fingerprint density at radius 1 is 1.03 bits per heavy atom. The standard InChI is InChI=1S/C27H29ClN2O5/c1-29(27(15-5-4-9-23(27)31)21-7-2-3-8-22(21)28)25(33)18-35-26(34)20-13-11-19(12-14-20)17-30-16-6-10-24(30)32/h2-3,7-8,11-14H,4-6,9-10,15-18H2,1H3. The fourth-order valence-corrected chi connectivity index (χ4v) is 5.28. The lowest BCUT2D eigenvalue weighted by Gasteiger charge is -2.43. The van der Waals surface area contributed by atoms with Crippen LogP contribution in [0.2, 0.25) is 5.02 Å². The molecule has 2 amide bonds. The molecule has 2 aromatic carbocycles. The van der Waals surface area contributed by atoms with Crippen molar-refractivity contribution in [2.24, 2.45) is 0 Å². The number of likely N-dealkylation sites (N-methyl/N-ethyl adjacent to an activating group) is 1. The van der Waals surface area contributed by atoms with E-state index >= 15 is 0 Å². The Bertz CT molecular complexity index is 1130. The van der Waals surface area contributed by atoms with Crippen LogP contribution in [0.15, 0.2) is 48.5 Å². The lowest BCUT2D eigenvalue weighted by atomic mass is 9.74. The van der Waals surface area contributed by atoms with Crippen molar-refractivity contribution in [1.82, 2.24) is 9.80 Å². The van der Waals surface area contributed by atoms with E-state index in [0.717, 1.165) is 31.4 Å². The second-order valence-electron chi connectivity index (χ2n) is 9.12. The Labute approximate surface area is 210 Å². The Kier molecular flexibility index (Phi) is 7.55. The SMILES string of the molecule is CN(C(=O)COC(=O)c1ccc(CN2CCCC2=O)cc1)C1(c2ccccc2Cl)CCCCC1=O. The Morgan fingerprint density at radius 3 is 2.43 bits per heavy atom. The summed E-state index contributed by atoms with van der Waals surface area (Å²) in [5.74, 6) is -1.02. The van der Waals surface area contributed by atoms with Gasteiger partial charge in [0.25, 0.3) is 5.91 Å². The van der Waals surface area contributed by atoms with Gasteiger partial charge in [0.05, 0.1) is 5.56 Å². The fourth-order valence-electron chi connectivity index (χ4n) is 4.99. The van der Waals surface area contributed by atoms with Gasteiger partial charge in [-0.2, -0.15) is 0 Å². The zero-order valence-electron chi connectivity index (χ0n) is 19.8. The molecule has 1 aliphatic heterocycles. The molecular weight excluding hydrogens is 468 g/mol. The zero-order valence-corrected chi connectivity index (χ0v) is 20.6. The van der Waals surface area contributed by atoms with Crippen LogP contribution in [-0.2, 0) is 31.2 Å². The van der Waals surface area contributed by atoms with Gasteiger partial charge in [-0.3, -0.25) is 14.4 Å². The fraction of sp³-hybridized carbons (Fsp3) is 0.407. The van der Waals surface area contributed by atoms with E-state index < -0.39 is 24.0 Å². The summed E-state index contributed by atoms with van der Waals surface area (Å²) in [6, 6.07) is 13.9. The van der Waals surface area contributed by atoms with Gasteiger partial charge in [0.1, 0.15) is 5.54 Å². The van der Waals surface area contributed by atoms with E-state index in [1.165, 1.54) is 4.90 Å². The maximum absolute atomic E-state index is 13.2. The molecule has 1 atom stereocenters. The average molecular weight is 497 g/mol. The van der Waals surface area contributed by atoms with Gasteiger partial charge in [-0.15, -0.1) is 0 Å². The number of halogens is 1. The molecule has 0 aromatic heterocycles. The van der Waals surface area contributed by atoms with Gasteiger partial charge in [0, 0.05) is 43.6 Å². The summed E-state index contributed by atoms with van der Waals surface area (Å²) in [5, 5.41) is 0.426.